The van der Waals surface area contributed by atoms with E-state index in [9.17, 15) is 19.2 Å². The average Bonchev–Trinajstić information content (AvgIpc) is 3.11. The van der Waals surface area contributed by atoms with Gasteiger partial charge in [0, 0.05) is 6.08 Å². The molecule has 10 nitrogen and oxygen atoms in total. The number of hydrogen-bond acceptors (Lipinski definition) is 10. The molecule has 0 radical (unpaired) electrons. The molecule has 0 bridgehead atoms. The number of unbranched alkanes of at least 4 members (excludes halogenated alkanes) is 6. The number of carbonyl (C=O) groups excluding carboxylic acids is 4. The molecule has 0 aliphatic rings. The molecule has 3 aromatic rings. The lowest BCUT2D eigenvalue weighted by Gasteiger charge is -2.09. The maximum Gasteiger partial charge on any atom is 0.343 e. The van der Waals surface area contributed by atoms with Crippen LogP contribution in [0.2, 0.25) is 0 Å². The summed E-state index contributed by atoms with van der Waals surface area (Å²) in [7, 11) is 0. The fraction of sp³-hybridized carbons (Fsp3) is 0.333. The van der Waals surface area contributed by atoms with Crippen molar-refractivity contribution in [2.75, 3.05) is 26.4 Å². The first kappa shape index (κ1) is 38.1. The van der Waals surface area contributed by atoms with Gasteiger partial charge in [0.1, 0.15) is 23.0 Å². The van der Waals surface area contributed by atoms with Gasteiger partial charge in [0.05, 0.1) is 44.0 Å². The van der Waals surface area contributed by atoms with Gasteiger partial charge in [-0.3, -0.25) is 4.79 Å². The number of esters is 4. The molecule has 3 rings (SSSR count). The second-order valence-corrected chi connectivity index (χ2v) is 10.9. The van der Waals surface area contributed by atoms with E-state index in [1.807, 2.05) is 0 Å². The standard InChI is InChI=1S/C39H44O10/c1-3-13-37(41)47-29-12-8-6-10-27-45-33-20-16-31(17-21-33)39(43)49-35-24-22-34(23-25-35)48-38(42)30-14-18-32(19-15-30)44-26-9-5-7-11-28-46-36(40)4-2/h3-4,14-25H,1-2,5-13,26-29H2. The van der Waals surface area contributed by atoms with Crippen LogP contribution in [0.4, 0.5) is 0 Å². The van der Waals surface area contributed by atoms with E-state index >= 15 is 0 Å². The average molecular weight is 673 g/mol. The summed E-state index contributed by atoms with van der Waals surface area (Å²) in [5.74, 6) is 0.187. The molecule has 3 aromatic carbocycles. The maximum atomic E-state index is 12.6. The normalized spacial score (nSPS) is 10.4. The van der Waals surface area contributed by atoms with Crippen molar-refractivity contribution >= 4 is 23.9 Å². The smallest absolute Gasteiger partial charge is 0.343 e. The Morgan fingerprint density at radius 3 is 1.29 bits per heavy atom. The highest BCUT2D eigenvalue weighted by atomic mass is 16.5. The highest BCUT2D eigenvalue weighted by Gasteiger charge is 2.12. The van der Waals surface area contributed by atoms with Crippen molar-refractivity contribution < 1.29 is 47.6 Å². The Morgan fingerprint density at radius 2 is 0.878 bits per heavy atom. The van der Waals surface area contributed by atoms with Gasteiger partial charge in [0.15, 0.2) is 0 Å². The van der Waals surface area contributed by atoms with Gasteiger partial charge < -0.3 is 28.4 Å². The van der Waals surface area contributed by atoms with E-state index in [4.69, 9.17) is 28.4 Å². The van der Waals surface area contributed by atoms with Gasteiger partial charge in [0.2, 0.25) is 0 Å². The van der Waals surface area contributed by atoms with E-state index in [1.54, 1.807) is 72.8 Å². The number of carbonyl (C=O) groups is 4. The molecule has 0 amide bonds. The fourth-order valence-electron chi connectivity index (χ4n) is 4.37. The van der Waals surface area contributed by atoms with Gasteiger partial charge in [0.25, 0.3) is 0 Å². The lowest BCUT2D eigenvalue weighted by Crippen LogP contribution is -2.10. The van der Waals surface area contributed by atoms with Gasteiger partial charge in [-0.15, -0.1) is 6.58 Å². The van der Waals surface area contributed by atoms with Crippen LogP contribution in [0.15, 0.2) is 98.1 Å². The Morgan fingerprint density at radius 1 is 0.490 bits per heavy atom. The van der Waals surface area contributed by atoms with Gasteiger partial charge in [-0.1, -0.05) is 12.7 Å². The van der Waals surface area contributed by atoms with Crippen molar-refractivity contribution in [2.24, 2.45) is 0 Å². The summed E-state index contributed by atoms with van der Waals surface area (Å²) in [4.78, 5) is 47.5. The molecule has 0 unspecified atom stereocenters. The predicted octanol–water partition coefficient (Wildman–Crippen LogP) is 7.85. The summed E-state index contributed by atoms with van der Waals surface area (Å²) < 4.78 is 32.4. The van der Waals surface area contributed by atoms with Crippen LogP contribution in [0, 0.1) is 0 Å². The summed E-state index contributed by atoms with van der Waals surface area (Å²) in [6, 6.07) is 19.6. The lowest BCUT2D eigenvalue weighted by molar-refractivity contribution is -0.142. The van der Waals surface area contributed by atoms with Gasteiger partial charge >= 0.3 is 23.9 Å². The molecule has 0 fully saturated rings. The SMILES string of the molecule is C=CCC(=O)OCCCCCCOc1ccc(C(=O)Oc2ccc(OC(=O)c3ccc(OCCCCCCOC(=O)C=C)cc3)cc2)cc1. The van der Waals surface area contributed by atoms with E-state index in [1.165, 1.54) is 6.08 Å². The first-order valence-electron chi connectivity index (χ1n) is 16.4. The summed E-state index contributed by atoms with van der Waals surface area (Å²) >= 11 is 0. The van der Waals surface area contributed by atoms with Gasteiger partial charge in [-0.25, -0.2) is 14.4 Å². The van der Waals surface area contributed by atoms with Crippen LogP contribution in [0.1, 0.15) is 78.5 Å². The van der Waals surface area contributed by atoms with Crippen molar-refractivity contribution in [1.82, 2.24) is 0 Å². The molecule has 0 spiro atoms. The molecule has 0 heterocycles. The topological polar surface area (TPSA) is 124 Å². The van der Waals surface area contributed by atoms with Crippen molar-refractivity contribution in [1.29, 1.82) is 0 Å². The Bertz CT molecular complexity index is 1480. The number of rotatable bonds is 23. The summed E-state index contributed by atoms with van der Waals surface area (Å²) in [6.45, 7) is 8.74. The van der Waals surface area contributed by atoms with E-state index in [-0.39, 0.29) is 12.4 Å². The third kappa shape index (κ3) is 15.4. The predicted molar refractivity (Wildman–Crippen MR) is 184 cm³/mol. The van der Waals surface area contributed by atoms with Gasteiger partial charge in [-0.2, -0.15) is 0 Å². The minimum Gasteiger partial charge on any atom is -0.494 e. The van der Waals surface area contributed by atoms with Crippen LogP contribution >= 0.6 is 0 Å². The van der Waals surface area contributed by atoms with Crippen molar-refractivity contribution in [2.45, 2.75) is 57.8 Å². The van der Waals surface area contributed by atoms with Crippen LogP contribution in [0.25, 0.3) is 0 Å². The largest absolute Gasteiger partial charge is 0.494 e. The van der Waals surface area contributed by atoms with E-state index in [2.05, 4.69) is 13.2 Å². The zero-order valence-corrected chi connectivity index (χ0v) is 27.8. The second kappa shape index (κ2) is 22.2. The first-order chi connectivity index (χ1) is 23.9. The van der Waals surface area contributed by atoms with Crippen LogP contribution in [-0.2, 0) is 19.1 Å². The minimum absolute atomic E-state index is 0.232. The highest BCUT2D eigenvalue weighted by molar-refractivity contribution is 5.92. The highest BCUT2D eigenvalue weighted by Crippen LogP contribution is 2.22. The number of ether oxygens (including phenoxy) is 6. The molecule has 260 valence electrons. The Hall–Kier alpha value is -5.38. The van der Waals surface area contributed by atoms with Crippen molar-refractivity contribution in [3.8, 4) is 23.0 Å². The van der Waals surface area contributed by atoms with Crippen LogP contribution in [-0.4, -0.2) is 50.3 Å². The Balaban J connectivity index is 1.30. The van der Waals surface area contributed by atoms with E-state index in [0.29, 0.717) is 60.6 Å². The third-order valence-corrected chi connectivity index (χ3v) is 7.02. The van der Waals surface area contributed by atoms with E-state index < -0.39 is 17.9 Å². The molecule has 49 heavy (non-hydrogen) atoms. The zero-order chi connectivity index (χ0) is 35.1. The zero-order valence-electron chi connectivity index (χ0n) is 27.8. The fourth-order valence-corrected chi connectivity index (χ4v) is 4.37. The lowest BCUT2D eigenvalue weighted by atomic mass is 10.2. The monoisotopic (exact) mass is 672 g/mol. The summed E-state index contributed by atoms with van der Waals surface area (Å²) in [5, 5.41) is 0. The Kier molecular flexibility index (Phi) is 17.3. The van der Waals surface area contributed by atoms with Crippen molar-refractivity contribution in [3.63, 3.8) is 0 Å². The second-order valence-electron chi connectivity index (χ2n) is 10.9. The number of hydrogen-bond donors (Lipinski definition) is 0. The third-order valence-electron chi connectivity index (χ3n) is 7.02. The quantitative estimate of drug-likeness (QED) is 0.0323. The molecule has 0 N–H and O–H groups in total. The summed E-state index contributed by atoms with van der Waals surface area (Å²) in [5.41, 5.74) is 0.730. The van der Waals surface area contributed by atoms with Crippen LogP contribution in [0.3, 0.4) is 0 Å². The number of benzene rings is 3. The van der Waals surface area contributed by atoms with Crippen LogP contribution in [0.5, 0.6) is 23.0 Å². The Labute approximate surface area is 287 Å². The molecule has 0 saturated heterocycles. The molecular formula is C39H44O10. The molecule has 0 saturated carbocycles. The molecule has 10 heteroatoms. The molecule has 0 atom stereocenters. The minimum atomic E-state index is -0.530. The van der Waals surface area contributed by atoms with Crippen molar-refractivity contribution in [3.05, 3.63) is 109 Å². The van der Waals surface area contributed by atoms with Gasteiger partial charge in [-0.05, 0) is 124 Å². The maximum absolute atomic E-state index is 12.6. The molecule has 0 aromatic heterocycles. The molecule has 0 aliphatic heterocycles. The molecular weight excluding hydrogens is 628 g/mol. The van der Waals surface area contributed by atoms with E-state index in [0.717, 1.165) is 57.4 Å². The van der Waals surface area contributed by atoms with Crippen LogP contribution < -0.4 is 18.9 Å². The molecule has 0 aliphatic carbocycles. The first-order valence-corrected chi connectivity index (χ1v) is 16.4. The summed E-state index contributed by atoms with van der Waals surface area (Å²) in [6.07, 6.45) is 9.98.